The Kier molecular flexibility index (Phi) is 6.41. The van der Waals surface area contributed by atoms with Gasteiger partial charge in [-0.2, -0.15) is 0 Å². The fraction of sp³-hybridized carbons (Fsp3) is 0.167. The molecule has 2 heterocycles. The highest BCUT2D eigenvalue weighted by atomic mass is 16.4. The molecular weight excluding hydrogens is 406 g/mol. The maximum atomic E-state index is 12.7. The zero-order valence-electron chi connectivity index (χ0n) is 17.3. The van der Waals surface area contributed by atoms with Crippen molar-refractivity contribution in [2.45, 2.75) is 18.9 Å². The highest BCUT2D eigenvalue weighted by Crippen LogP contribution is 2.21. The molecule has 1 amide bonds. The molecule has 0 saturated heterocycles. The molecule has 2 aromatic heterocycles. The minimum absolute atomic E-state index is 0.319. The van der Waals surface area contributed by atoms with E-state index in [1.165, 1.54) is 0 Å². The lowest BCUT2D eigenvalue weighted by Crippen LogP contribution is -2.41. The van der Waals surface area contributed by atoms with Crippen molar-refractivity contribution < 1.29 is 14.7 Å². The van der Waals surface area contributed by atoms with Crippen molar-refractivity contribution >= 4 is 28.6 Å². The van der Waals surface area contributed by atoms with Crippen LogP contribution in [0.3, 0.4) is 0 Å². The van der Waals surface area contributed by atoms with E-state index in [2.05, 4.69) is 25.6 Å². The fourth-order valence-electron chi connectivity index (χ4n) is 3.39. The Hall–Kier alpha value is -4.20. The average Bonchev–Trinajstić information content (AvgIpc) is 3.25. The number of carbonyl (C=O) groups is 2. The molecule has 0 aliphatic carbocycles. The Labute approximate surface area is 184 Å². The van der Waals surface area contributed by atoms with Crippen LogP contribution in [0.5, 0.6) is 0 Å². The molecule has 0 aliphatic rings. The summed E-state index contributed by atoms with van der Waals surface area (Å²) < 4.78 is 0. The van der Waals surface area contributed by atoms with Crippen LogP contribution in [0.25, 0.3) is 22.4 Å². The van der Waals surface area contributed by atoms with Gasteiger partial charge < -0.3 is 20.7 Å². The second-order valence-corrected chi connectivity index (χ2v) is 7.35. The van der Waals surface area contributed by atoms with Crippen LogP contribution < -0.4 is 10.6 Å². The Balaban J connectivity index is 1.38. The Morgan fingerprint density at radius 1 is 1.03 bits per heavy atom. The first-order chi connectivity index (χ1) is 15.6. The number of anilines is 1. The van der Waals surface area contributed by atoms with Crippen molar-refractivity contribution in [3.63, 3.8) is 0 Å². The van der Waals surface area contributed by atoms with E-state index < -0.39 is 17.9 Å². The van der Waals surface area contributed by atoms with E-state index in [4.69, 9.17) is 0 Å². The second-order valence-electron chi connectivity index (χ2n) is 7.35. The number of rotatable bonds is 9. The minimum Gasteiger partial charge on any atom is -0.480 e. The fourth-order valence-corrected chi connectivity index (χ4v) is 3.39. The molecule has 0 saturated carbocycles. The first-order valence-corrected chi connectivity index (χ1v) is 10.3. The van der Waals surface area contributed by atoms with Gasteiger partial charge in [0, 0.05) is 35.8 Å². The van der Waals surface area contributed by atoms with E-state index in [0.717, 1.165) is 16.8 Å². The number of carboxylic acids is 1. The average molecular weight is 429 g/mol. The summed E-state index contributed by atoms with van der Waals surface area (Å²) in [7, 11) is 0. The van der Waals surface area contributed by atoms with Gasteiger partial charge >= 0.3 is 5.97 Å². The van der Waals surface area contributed by atoms with Gasteiger partial charge in [0.15, 0.2) is 0 Å². The number of hydrogen-bond donors (Lipinski definition) is 4. The smallest absolute Gasteiger partial charge is 0.326 e. The highest BCUT2D eigenvalue weighted by Gasteiger charge is 2.20. The summed E-state index contributed by atoms with van der Waals surface area (Å²) in [6, 6.07) is 17.5. The molecule has 8 nitrogen and oxygen atoms in total. The van der Waals surface area contributed by atoms with Gasteiger partial charge in [-0.25, -0.2) is 9.78 Å². The normalized spacial score (nSPS) is 11.8. The molecule has 0 radical (unpaired) electrons. The zero-order valence-corrected chi connectivity index (χ0v) is 17.3. The third-order valence-electron chi connectivity index (χ3n) is 5.07. The Morgan fingerprint density at radius 2 is 1.81 bits per heavy atom. The number of aromatic nitrogens is 3. The number of imidazole rings is 1. The van der Waals surface area contributed by atoms with Crippen LogP contribution >= 0.6 is 0 Å². The summed E-state index contributed by atoms with van der Waals surface area (Å²) in [5, 5.41) is 15.4. The van der Waals surface area contributed by atoms with Crippen molar-refractivity contribution in [1.29, 1.82) is 0 Å². The summed E-state index contributed by atoms with van der Waals surface area (Å²) in [6.07, 6.45) is 4.28. The standard InChI is InChI=1S/C24H23N5O3/c30-23(29-20(24(31)32)7-4-12-26-18-5-2-1-3-6-18)17-8-9-19-21(15-17)28-22(27-19)16-10-13-25-14-11-16/h1-3,5-6,8-11,13-15,20,26H,4,7,12H2,(H,27,28)(H,29,30)(H,31,32). The molecule has 32 heavy (non-hydrogen) atoms. The van der Waals surface area contributed by atoms with Gasteiger partial charge in [0.25, 0.3) is 5.91 Å². The van der Waals surface area contributed by atoms with Crippen LogP contribution in [0.4, 0.5) is 5.69 Å². The summed E-state index contributed by atoms with van der Waals surface area (Å²) >= 11 is 0. The Bertz CT molecular complexity index is 1210. The van der Waals surface area contributed by atoms with E-state index in [9.17, 15) is 14.7 Å². The van der Waals surface area contributed by atoms with Crippen molar-refractivity contribution in [3.8, 4) is 11.4 Å². The number of pyridine rings is 1. The lowest BCUT2D eigenvalue weighted by molar-refractivity contribution is -0.139. The molecule has 4 N–H and O–H groups in total. The number of aliphatic carboxylic acids is 1. The van der Waals surface area contributed by atoms with E-state index in [-0.39, 0.29) is 0 Å². The topological polar surface area (TPSA) is 120 Å². The van der Waals surface area contributed by atoms with Crippen LogP contribution in [0, 0.1) is 0 Å². The molecule has 4 rings (SSSR count). The third-order valence-corrected chi connectivity index (χ3v) is 5.07. The van der Waals surface area contributed by atoms with Crippen molar-refractivity contribution in [1.82, 2.24) is 20.3 Å². The number of nitrogens with one attached hydrogen (secondary N) is 3. The van der Waals surface area contributed by atoms with E-state index in [1.54, 1.807) is 30.6 Å². The molecule has 1 unspecified atom stereocenters. The zero-order chi connectivity index (χ0) is 22.3. The van der Waals surface area contributed by atoms with Gasteiger partial charge in [-0.15, -0.1) is 0 Å². The summed E-state index contributed by atoms with van der Waals surface area (Å²) in [5.74, 6) is -0.815. The maximum Gasteiger partial charge on any atom is 0.326 e. The third kappa shape index (κ3) is 5.10. The molecule has 0 fully saturated rings. The molecule has 4 aromatic rings. The van der Waals surface area contributed by atoms with Gasteiger partial charge in [0.1, 0.15) is 11.9 Å². The number of aromatic amines is 1. The molecular formula is C24H23N5O3. The van der Waals surface area contributed by atoms with Crippen molar-refractivity contribution in [2.75, 3.05) is 11.9 Å². The van der Waals surface area contributed by atoms with E-state index in [1.807, 2.05) is 42.5 Å². The van der Waals surface area contributed by atoms with Gasteiger partial charge in [-0.1, -0.05) is 18.2 Å². The lowest BCUT2D eigenvalue weighted by atomic mass is 10.1. The van der Waals surface area contributed by atoms with Gasteiger partial charge in [0.05, 0.1) is 11.0 Å². The molecule has 8 heteroatoms. The van der Waals surface area contributed by atoms with Crippen LogP contribution in [-0.2, 0) is 4.79 Å². The quantitative estimate of drug-likeness (QED) is 0.301. The first-order valence-electron chi connectivity index (χ1n) is 10.3. The van der Waals surface area contributed by atoms with Crippen LogP contribution in [0.15, 0.2) is 73.1 Å². The number of hydrogen-bond acceptors (Lipinski definition) is 5. The molecule has 0 aliphatic heterocycles. The summed E-state index contributed by atoms with van der Waals surface area (Å²) in [4.78, 5) is 36.1. The van der Waals surface area contributed by atoms with Crippen LogP contribution in [-0.4, -0.2) is 44.5 Å². The number of carboxylic acid groups (broad SMARTS) is 1. The van der Waals surface area contributed by atoms with Crippen molar-refractivity contribution in [3.05, 3.63) is 78.6 Å². The van der Waals surface area contributed by atoms with Crippen molar-refractivity contribution in [2.24, 2.45) is 0 Å². The monoisotopic (exact) mass is 429 g/mol. The predicted octanol–water partition coefficient (Wildman–Crippen LogP) is 3.70. The molecule has 0 bridgehead atoms. The summed E-state index contributed by atoms with van der Waals surface area (Å²) in [5.41, 5.74) is 3.65. The van der Waals surface area contributed by atoms with E-state index in [0.29, 0.717) is 36.3 Å². The molecule has 1 atom stereocenters. The molecule has 162 valence electrons. The SMILES string of the molecule is O=C(NC(CCCNc1ccccc1)C(=O)O)c1ccc2nc(-c3ccncc3)[nH]c2c1. The van der Waals surface area contributed by atoms with Crippen LogP contribution in [0.1, 0.15) is 23.2 Å². The number of nitrogens with zero attached hydrogens (tertiary/aromatic N) is 2. The maximum absolute atomic E-state index is 12.7. The Morgan fingerprint density at radius 3 is 2.56 bits per heavy atom. The van der Waals surface area contributed by atoms with Gasteiger partial charge in [0.2, 0.25) is 0 Å². The van der Waals surface area contributed by atoms with Gasteiger partial charge in [-0.3, -0.25) is 9.78 Å². The number of amides is 1. The first kappa shape index (κ1) is 21.0. The van der Waals surface area contributed by atoms with E-state index >= 15 is 0 Å². The number of fused-ring (bicyclic) bond motifs is 1. The second kappa shape index (κ2) is 9.74. The van der Waals surface area contributed by atoms with Crippen LogP contribution in [0.2, 0.25) is 0 Å². The summed E-state index contributed by atoms with van der Waals surface area (Å²) in [6.45, 7) is 0.613. The van der Waals surface area contributed by atoms with Gasteiger partial charge in [-0.05, 0) is 55.3 Å². The molecule has 2 aromatic carbocycles. The number of para-hydroxylation sites is 1. The highest BCUT2D eigenvalue weighted by molar-refractivity contribution is 5.99. The predicted molar refractivity (Wildman–Crippen MR) is 122 cm³/mol. The lowest BCUT2D eigenvalue weighted by Gasteiger charge is -2.15. The minimum atomic E-state index is -1.05. The molecule has 0 spiro atoms. The number of H-pyrrole nitrogens is 1. The largest absolute Gasteiger partial charge is 0.480 e. The number of carbonyl (C=O) groups excluding carboxylic acids is 1. The number of benzene rings is 2.